The van der Waals surface area contributed by atoms with Gasteiger partial charge in [0.15, 0.2) is 0 Å². The second kappa shape index (κ2) is 6.00. The number of morpholine rings is 1. The van der Waals surface area contributed by atoms with Crippen LogP contribution in [0.15, 0.2) is 18.2 Å². The molecule has 7 heteroatoms. The van der Waals surface area contributed by atoms with Crippen LogP contribution in [0.5, 0.6) is 0 Å². The first-order valence-electron chi connectivity index (χ1n) is 7.35. The molecule has 2 N–H and O–H groups in total. The van der Waals surface area contributed by atoms with Crippen LogP contribution in [0.2, 0.25) is 0 Å². The summed E-state index contributed by atoms with van der Waals surface area (Å²) in [6, 6.07) is 3.93. The minimum Gasteiger partial charge on any atom is -0.481 e. The lowest BCUT2D eigenvalue weighted by Crippen LogP contribution is -2.49. The predicted molar refractivity (Wildman–Crippen MR) is 80.9 cm³/mol. The maximum atomic E-state index is 13.5. The van der Waals surface area contributed by atoms with E-state index in [1.807, 2.05) is 0 Å². The summed E-state index contributed by atoms with van der Waals surface area (Å²) in [5, 5.41) is 9.75. The SMILES string of the molecule is Cc1cc(F)cc2[nH]c(C(=O)N3CCOCC3CC(=O)O)cc12. The number of H-pyrrole nitrogens is 1. The van der Waals surface area contributed by atoms with Crippen LogP contribution < -0.4 is 0 Å². The highest BCUT2D eigenvalue weighted by atomic mass is 19.1. The fourth-order valence-corrected chi connectivity index (χ4v) is 2.94. The topological polar surface area (TPSA) is 82.6 Å². The third-order valence-electron chi connectivity index (χ3n) is 4.04. The van der Waals surface area contributed by atoms with Gasteiger partial charge in [-0.2, -0.15) is 0 Å². The molecule has 0 bridgehead atoms. The number of aromatic nitrogens is 1. The highest BCUT2D eigenvalue weighted by Crippen LogP contribution is 2.23. The van der Waals surface area contributed by atoms with Gasteiger partial charge in [-0.25, -0.2) is 4.39 Å². The number of aromatic amines is 1. The molecule has 0 spiro atoms. The van der Waals surface area contributed by atoms with Crippen molar-refractivity contribution in [3.63, 3.8) is 0 Å². The number of carbonyl (C=O) groups is 2. The Bertz CT molecular complexity index is 771. The molecule has 2 aromatic rings. The standard InChI is InChI=1S/C16H17FN2O4/c1-9-4-10(17)5-13-12(9)7-14(18-13)16(22)19-2-3-23-8-11(19)6-15(20)21/h4-5,7,11,18H,2-3,6,8H2,1H3,(H,20,21). The van der Waals surface area contributed by atoms with Gasteiger partial charge >= 0.3 is 5.97 Å². The number of carboxylic acid groups (broad SMARTS) is 1. The number of nitrogens with one attached hydrogen (secondary N) is 1. The Morgan fingerprint density at radius 1 is 1.43 bits per heavy atom. The van der Waals surface area contributed by atoms with Gasteiger partial charge in [0.1, 0.15) is 11.5 Å². The zero-order valence-electron chi connectivity index (χ0n) is 12.6. The van der Waals surface area contributed by atoms with Gasteiger partial charge in [0.2, 0.25) is 0 Å². The second-order valence-corrected chi connectivity index (χ2v) is 5.69. The first-order valence-corrected chi connectivity index (χ1v) is 7.35. The van der Waals surface area contributed by atoms with Crippen LogP contribution >= 0.6 is 0 Å². The van der Waals surface area contributed by atoms with E-state index < -0.39 is 12.0 Å². The number of hydrogen-bond donors (Lipinski definition) is 2. The van der Waals surface area contributed by atoms with Crippen molar-refractivity contribution in [2.45, 2.75) is 19.4 Å². The van der Waals surface area contributed by atoms with Crippen LogP contribution in [0.1, 0.15) is 22.5 Å². The van der Waals surface area contributed by atoms with E-state index in [-0.39, 0.29) is 24.8 Å². The van der Waals surface area contributed by atoms with Crippen LogP contribution in [0, 0.1) is 12.7 Å². The Labute approximate surface area is 131 Å². The Morgan fingerprint density at radius 2 is 2.22 bits per heavy atom. The molecular formula is C16H17FN2O4. The molecule has 1 aliphatic rings. The summed E-state index contributed by atoms with van der Waals surface area (Å²) in [5.41, 5.74) is 1.61. The zero-order valence-corrected chi connectivity index (χ0v) is 12.6. The smallest absolute Gasteiger partial charge is 0.305 e. The van der Waals surface area contributed by atoms with Gasteiger partial charge in [0.05, 0.1) is 25.7 Å². The molecule has 1 atom stereocenters. The predicted octanol–water partition coefficient (Wildman–Crippen LogP) is 1.93. The summed E-state index contributed by atoms with van der Waals surface area (Å²) in [6.07, 6.45) is -0.167. The minimum absolute atomic E-state index is 0.167. The van der Waals surface area contributed by atoms with Gasteiger partial charge in [-0.1, -0.05) is 0 Å². The number of carboxylic acids is 1. The number of aryl methyl sites for hydroxylation is 1. The highest BCUT2D eigenvalue weighted by molar-refractivity contribution is 5.99. The number of rotatable bonds is 3. The molecule has 122 valence electrons. The number of fused-ring (bicyclic) bond motifs is 1. The molecule has 3 rings (SSSR count). The quantitative estimate of drug-likeness (QED) is 0.905. The summed E-state index contributed by atoms with van der Waals surface area (Å²) < 4.78 is 18.7. The van der Waals surface area contributed by atoms with Crippen molar-refractivity contribution in [2.75, 3.05) is 19.8 Å². The first-order chi connectivity index (χ1) is 11.0. The molecule has 2 heterocycles. The Balaban J connectivity index is 1.92. The lowest BCUT2D eigenvalue weighted by Gasteiger charge is -2.34. The summed E-state index contributed by atoms with van der Waals surface area (Å²) in [7, 11) is 0. The molecule has 1 aromatic heterocycles. The van der Waals surface area contributed by atoms with Crippen molar-refractivity contribution in [3.8, 4) is 0 Å². The number of amides is 1. The average molecular weight is 320 g/mol. The number of aliphatic carboxylic acids is 1. The minimum atomic E-state index is -0.979. The maximum absolute atomic E-state index is 13.5. The number of benzene rings is 1. The maximum Gasteiger partial charge on any atom is 0.305 e. The fourth-order valence-electron chi connectivity index (χ4n) is 2.94. The first kappa shape index (κ1) is 15.5. The van der Waals surface area contributed by atoms with E-state index in [1.54, 1.807) is 13.0 Å². The molecule has 1 saturated heterocycles. The van der Waals surface area contributed by atoms with Crippen molar-refractivity contribution in [2.24, 2.45) is 0 Å². The van der Waals surface area contributed by atoms with Gasteiger partial charge in [-0.15, -0.1) is 0 Å². The molecule has 1 fully saturated rings. The molecule has 1 aromatic carbocycles. The largest absolute Gasteiger partial charge is 0.481 e. The van der Waals surface area contributed by atoms with Crippen molar-refractivity contribution in [1.82, 2.24) is 9.88 Å². The van der Waals surface area contributed by atoms with E-state index in [0.29, 0.717) is 24.4 Å². The lowest BCUT2D eigenvalue weighted by molar-refractivity contribution is -0.139. The average Bonchev–Trinajstić information content (AvgIpc) is 2.90. The van der Waals surface area contributed by atoms with E-state index in [4.69, 9.17) is 9.84 Å². The van der Waals surface area contributed by atoms with Crippen LogP contribution in [0.25, 0.3) is 10.9 Å². The molecule has 6 nitrogen and oxygen atoms in total. The van der Waals surface area contributed by atoms with Crippen LogP contribution in [0.4, 0.5) is 4.39 Å². The van der Waals surface area contributed by atoms with E-state index in [9.17, 15) is 14.0 Å². The Kier molecular flexibility index (Phi) is 4.04. The van der Waals surface area contributed by atoms with Crippen LogP contribution in [-0.2, 0) is 9.53 Å². The summed E-state index contributed by atoms with van der Waals surface area (Å²) in [6.45, 7) is 2.68. The number of nitrogens with zero attached hydrogens (tertiary/aromatic N) is 1. The summed E-state index contributed by atoms with van der Waals surface area (Å²) in [5.74, 6) is -1.64. The molecule has 0 aliphatic carbocycles. The lowest BCUT2D eigenvalue weighted by atomic mass is 10.1. The molecular weight excluding hydrogens is 303 g/mol. The van der Waals surface area contributed by atoms with Crippen molar-refractivity contribution < 1.29 is 23.8 Å². The van der Waals surface area contributed by atoms with Gasteiger partial charge in [0.25, 0.3) is 5.91 Å². The Hall–Kier alpha value is -2.41. The van der Waals surface area contributed by atoms with E-state index in [0.717, 1.165) is 10.9 Å². The molecule has 0 saturated carbocycles. The third-order valence-corrected chi connectivity index (χ3v) is 4.04. The summed E-state index contributed by atoms with van der Waals surface area (Å²) >= 11 is 0. The molecule has 1 amide bonds. The van der Waals surface area contributed by atoms with Crippen molar-refractivity contribution >= 4 is 22.8 Å². The van der Waals surface area contributed by atoms with Crippen LogP contribution in [-0.4, -0.2) is 52.7 Å². The Morgan fingerprint density at radius 3 is 2.96 bits per heavy atom. The van der Waals surface area contributed by atoms with Gasteiger partial charge in [-0.05, 0) is 30.7 Å². The van der Waals surface area contributed by atoms with E-state index in [1.165, 1.54) is 17.0 Å². The number of carbonyl (C=O) groups excluding carboxylic acids is 1. The number of ether oxygens (including phenoxy) is 1. The van der Waals surface area contributed by atoms with E-state index in [2.05, 4.69) is 4.98 Å². The van der Waals surface area contributed by atoms with Crippen molar-refractivity contribution in [3.05, 3.63) is 35.3 Å². The van der Waals surface area contributed by atoms with Crippen molar-refractivity contribution in [1.29, 1.82) is 0 Å². The second-order valence-electron chi connectivity index (χ2n) is 5.69. The monoisotopic (exact) mass is 320 g/mol. The zero-order chi connectivity index (χ0) is 16.6. The van der Waals surface area contributed by atoms with Gasteiger partial charge in [0, 0.05) is 17.4 Å². The fraction of sp³-hybridized carbons (Fsp3) is 0.375. The van der Waals surface area contributed by atoms with Gasteiger partial charge < -0.3 is 19.7 Å². The molecule has 1 unspecified atom stereocenters. The number of hydrogen-bond acceptors (Lipinski definition) is 3. The number of halogens is 1. The highest BCUT2D eigenvalue weighted by Gasteiger charge is 2.30. The summed E-state index contributed by atoms with van der Waals surface area (Å²) in [4.78, 5) is 28.1. The van der Waals surface area contributed by atoms with Crippen LogP contribution in [0.3, 0.4) is 0 Å². The molecule has 23 heavy (non-hydrogen) atoms. The van der Waals surface area contributed by atoms with E-state index >= 15 is 0 Å². The van der Waals surface area contributed by atoms with Gasteiger partial charge in [-0.3, -0.25) is 9.59 Å². The molecule has 1 aliphatic heterocycles. The molecule has 0 radical (unpaired) electrons. The normalized spacial score (nSPS) is 18.3. The third kappa shape index (κ3) is 3.05.